The number of rotatable bonds is 5. The second kappa shape index (κ2) is 8.59. The number of nitrogens with zero attached hydrogens (tertiary/aromatic N) is 1. The van der Waals surface area contributed by atoms with Crippen LogP contribution < -0.4 is 10.7 Å². The number of hydrazone groups is 1. The zero-order chi connectivity index (χ0) is 16.7. The molecular formula is C16H13Br2N3O2. The molecule has 118 valence electrons. The molecule has 2 amide bonds. The molecule has 23 heavy (non-hydrogen) atoms. The largest absolute Gasteiger partial charge is 0.343 e. The summed E-state index contributed by atoms with van der Waals surface area (Å²) in [4.78, 5) is 23.5. The van der Waals surface area contributed by atoms with E-state index < -0.39 is 5.91 Å². The van der Waals surface area contributed by atoms with Crippen LogP contribution in [0.4, 0.5) is 0 Å². The number of carbonyl (C=O) groups is 2. The summed E-state index contributed by atoms with van der Waals surface area (Å²) in [5.41, 5.74) is 3.68. The Morgan fingerprint density at radius 1 is 1.04 bits per heavy atom. The summed E-state index contributed by atoms with van der Waals surface area (Å²) in [6, 6.07) is 14.4. The molecule has 2 aromatic rings. The van der Waals surface area contributed by atoms with Gasteiger partial charge < -0.3 is 5.32 Å². The van der Waals surface area contributed by atoms with E-state index >= 15 is 0 Å². The molecule has 0 radical (unpaired) electrons. The summed E-state index contributed by atoms with van der Waals surface area (Å²) < 4.78 is 1.72. The van der Waals surface area contributed by atoms with Crippen molar-refractivity contribution in [1.82, 2.24) is 10.7 Å². The van der Waals surface area contributed by atoms with Crippen LogP contribution in [0, 0.1) is 0 Å². The van der Waals surface area contributed by atoms with Gasteiger partial charge in [-0.1, -0.05) is 50.1 Å². The van der Waals surface area contributed by atoms with Crippen molar-refractivity contribution in [2.75, 3.05) is 6.54 Å². The highest BCUT2D eigenvalue weighted by Crippen LogP contribution is 2.11. The van der Waals surface area contributed by atoms with E-state index in [9.17, 15) is 9.59 Å². The Hall–Kier alpha value is -1.99. The third-order valence-corrected chi connectivity index (χ3v) is 3.73. The summed E-state index contributed by atoms with van der Waals surface area (Å²) in [5, 5.41) is 6.37. The molecule has 0 saturated carbocycles. The Kier molecular flexibility index (Phi) is 6.49. The lowest BCUT2D eigenvalue weighted by atomic mass is 10.2. The fourth-order valence-corrected chi connectivity index (χ4v) is 2.51. The molecule has 0 heterocycles. The van der Waals surface area contributed by atoms with Crippen LogP contribution >= 0.6 is 31.9 Å². The number of halogens is 2. The first kappa shape index (κ1) is 17.4. The van der Waals surface area contributed by atoms with Crippen molar-refractivity contribution in [3.8, 4) is 0 Å². The van der Waals surface area contributed by atoms with Crippen LogP contribution in [0.1, 0.15) is 15.9 Å². The van der Waals surface area contributed by atoms with E-state index in [-0.39, 0.29) is 12.5 Å². The average molecular weight is 439 g/mol. The van der Waals surface area contributed by atoms with E-state index in [1.807, 2.05) is 30.3 Å². The van der Waals surface area contributed by atoms with E-state index in [1.54, 1.807) is 18.2 Å². The van der Waals surface area contributed by atoms with Gasteiger partial charge in [-0.2, -0.15) is 5.10 Å². The van der Waals surface area contributed by atoms with E-state index in [0.29, 0.717) is 5.56 Å². The van der Waals surface area contributed by atoms with Crippen LogP contribution in [0.2, 0.25) is 0 Å². The number of benzene rings is 2. The molecular weight excluding hydrogens is 426 g/mol. The minimum atomic E-state index is -0.403. The topological polar surface area (TPSA) is 70.6 Å². The average Bonchev–Trinajstić information content (AvgIpc) is 2.52. The lowest BCUT2D eigenvalue weighted by molar-refractivity contribution is -0.120. The van der Waals surface area contributed by atoms with Crippen molar-refractivity contribution >= 4 is 49.9 Å². The lowest BCUT2D eigenvalue weighted by Gasteiger charge is -2.04. The number of hydrogen-bond acceptors (Lipinski definition) is 3. The van der Waals surface area contributed by atoms with Crippen LogP contribution in [-0.4, -0.2) is 24.6 Å². The van der Waals surface area contributed by atoms with E-state index in [0.717, 1.165) is 14.5 Å². The van der Waals surface area contributed by atoms with Gasteiger partial charge in [0.25, 0.3) is 11.8 Å². The number of amides is 2. The molecule has 0 atom stereocenters. The molecule has 0 spiro atoms. The fourth-order valence-electron chi connectivity index (χ4n) is 1.70. The summed E-state index contributed by atoms with van der Waals surface area (Å²) in [5.74, 6) is -0.725. The molecule has 0 fully saturated rings. The molecule has 0 unspecified atom stereocenters. The third kappa shape index (κ3) is 5.96. The first-order chi connectivity index (χ1) is 11.0. The second-order valence-electron chi connectivity index (χ2n) is 4.54. The Bertz CT molecular complexity index is 748. The van der Waals surface area contributed by atoms with Gasteiger partial charge >= 0.3 is 0 Å². The fraction of sp³-hybridized carbons (Fsp3) is 0.0625. The van der Waals surface area contributed by atoms with Gasteiger partial charge in [0.15, 0.2) is 0 Å². The molecule has 2 aromatic carbocycles. The normalized spacial score (nSPS) is 10.5. The van der Waals surface area contributed by atoms with Gasteiger partial charge in [0.2, 0.25) is 0 Å². The van der Waals surface area contributed by atoms with Gasteiger partial charge in [-0.15, -0.1) is 0 Å². The van der Waals surface area contributed by atoms with Gasteiger partial charge in [0.05, 0.1) is 12.8 Å². The van der Waals surface area contributed by atoms with Gasteiger partial charge in [-0.05, 0) is 35.9 Å². The van der Waals surface area contributed by atoms with Crippen molar-refractivity contribution in [2.45, 2.75) is 0 Å². The maximum Gasteiger partial charge on any atom is 0.259 e. The van der Waals surface area contributed by atoms with Crippen molar-refractivity contribution in [1.29, 1.82) is 0 Å². The van der Waals surface area contributed by atoms with Gasteiger partial charge in [0.1, 0.15) is 0 Å². The van der Waals surface area contributed by atoms with Crippen molar-refractivity contribution < 1.29 is 9.59 Å². The maximum absolute atomic E-state index is 11.9. The molecule has 0 aliphatic rings. The minimum absolute atomic E-state index is 0.152. The predicted octanol–water partition coefficient (Wildman–Crippen LogP) is 3.09. The standard InChI is InChI=1S/C16H13Br2N3O2/c17-13-5-1-3-11(7-13)9-20-21-15(22)10-19-16(23)12-4-2-6-14(18)8-12/h1-9H,10H2,(H,19,23)(H,21,22). The molecule has 0 bridgehead atoms. The highest BCUT2D eigenvalue weighted by atomic mass is 79.9. The predicted molar refractivity (Wildman–Crippen MR) is 96.4 cm³/mol. The molecule has 7 heteroatoms. The first-order valence-corrected chi connectivity index (χ1v) is 8.24. The van der Waals surface area contributed by atoms with Crippen molar-refractivity contribution in [3.63, 3.8) is 0 Å². The second-order valence-corrected chi connectivity index (χ2v) is 6.37. The van der Waals surface area contributed by atoms with Crippen LogP contribution in [0.25, 0.3) is 0 Å². The van der Waals surface area contributed by atoms with E-state index in [1.165, 1.54) is 6.21 Å². The SMILES string of the molecule is O=C(CNC(=O)c1cccc(Br)c1)NN=Cc1cccc(Br)c1. The van der Waals surface area contributed by atoms with Crippen molar-refractivity contribution in [2.24, 2.45) is 5.10 Å². The monoisotopic (exact) mass is 437 g/mol. The quantitative estimate of drug-likeness (QED) is 0.556. The molecule has 2 N–H and O–H groups in total. The van der Waals surface area contributed by atoms with Gasteiger partial charge in [-0.25, -0.2) is 5.43 Å². The summed E-state index contributed by atoms with van der Waals surface area (Å²) in [6.45, 7) is -0.152. The Morgan fingerprint density at radius 2 is 1.74 bits per heavy atom. The summed E-state index contributed by atoms with van der Waals surface area (Å²) >= 11 is 6.64. The Labute approximate surface area is 150 Å². The summed E-state index contributed by atoms with van der Waals surface area (Å²) in [6.07, 6.45) is 1.53. The molecule has 0 aliphatic heterocycles. The zero-order valence-corrected chi connectivity index (χ0v) is 15.1. The Balaban J connectivity index is 1.80. The van der Waals surface area contributed by atoms with Crippen LogP contribution in [0.3, 0.4) is 0 Å². The Morgan fingerprint density at radius 3 is 2.43 bits per heavy atom. The van der Waals surface area contributed by atoms with Crippen LogP contribution in [0.5, 0.6) is 0 Å². The highest BCUT2D eigenvalue weighted by molar-refractivity contribution is 9.10. The molecule has 5 nitrogen and oxygen atoms in total. The number of hydrogen-bond donors (Lipinski definition) is 2. The molecule has 0 aromatic heterocycles. The van der Waals surface area contributed by atoms with E-state index in [4.69, 9.17) is 0 Å². The smallest absolute Gasteiger partial charge is 0.259 e. The van der Waals surface area contributed by atoms with Crippen LogP contribution in [0.15, 0.2) is 62.6 Å². The lowest BCUT2D eigenvalue weighted by Crippen LogP contribution is -2.34. The van der Waals surface area contributed by atoms with E-state index in [2.05, 4.69) is 47.7 Å². The van der Waals surface area contributed by atoms with Crippen molar-refractivity contribution in [3.05, 3.63) is 68.6 Å². The summed E-state index contributed by atoms with van der Waals surface area (Å²) in [7, 11) is 0. The van der Waals surface area contributed by atoms with Crippen LogP contribution in [-0.2, 0) is 4.79 Å². The molecule has 2 rings (SSSR count). The highest BCUT2D eigenvalue weighted by Gasteiger charge is 2.07. The zero-order valence-electron chi connectivity index (χ0n) is 11.9. The molecule has 0 aliphatic carbocycles. The van der Waals surface area contributed by atoms with Gasteiger partial charge in [0, 0.05) is 14.5 Å². The van der Waals surface area contributed by atoms with Gasteiger partial charge in [-0.3, -0.25) is 9.59 Å². The number of carbonyl (C=O) groups excluding carboxylic acids is 2. The first-order valence-electron chi connectivity index (χ1n) is 6.66. The third-order valence-electron chi connectivity index (χ3n) is 2.75. The number of nitrogens with one attached hydrogen (secondary N) is 2. The molecule has 0 saturated heterocycles. The maximum atomic E-state index is 11.9. The minimum Gasteiger partial charge on any atom is -0.343 e.